The van der Waals surface area contributed by atoms with Crippen molar-refractivity contribution in [3.63, 3.8) is 0 Å². The van der Waals surface area contributed by atoms with Gasteiger partial charge in [0.05, 0.1) is 17.7 Å². The van der Waals surface area contributed by atoms with E-state index in [2.05, 4.69) is 10.6 Å². The van der Waals surface area contributed by atoms with Crippen LogP contribution >= 0.6 is 0 Å². The van der Waals surface area contributed by atoms with Crippen LogP contribution in [0.3, 0.4) is 0 Å². The van der Waals surface area contributed by atoms with Crippen molar-refractivity contribution < 1.29 is 27.8 Å². The molecule has 0 saturated carbocycles. The molecule has 0 bridgehead atoms. The molecule has 0 radical (unpaired) electrons. The third-order valence-corrected chi connectivity index (χ3v) is 4.40. The van der Waals surface area contributed by atoms with Gasteiger partial charge in [-0.3, -0.25) is 0 Å². The molecule has 0 unspecified atom stereocenters. The minimum absolute atomic E-state index is 0.0730. The van der Waals surface area contributed by atoms with E-state index in [-0.39, 0.29) is 13.1 Å². The number of aliphatic hydroxyl groups excluding tert-OH is 1. The summed E-state index contributed by atoms with van der Waals surface area (Å²) in [4.78, 5) is 12.2. The lowest BCUT2D eigenvalue weighted by Crippen LogP contribution is -2.49. The number of alkyl carbamates (subject to hydrolysis) is 1. The fraction of sp³-hybridized carbons (Fsp3) is 0.435. The number of alkyl halides is 3. The van der Waals surface area contributed by atoms with Crippen LogP contribution in [-0.2, 0) is 23.9 Å². The Bertz CT molecular complexity index is 836. The molecule has 2 aromatic carbocycles. The molecule has 0 aliphatic carbocycles. The Morgan fingerprint density at radius 2 is 1.68 bits per heavy atom. The fourth-order valence-corrected chi connectivity index (χ4v) is 2.97. The van der Waals surface area contributed by atoms with Gasteiger partial charge >= 0.3 is 12.3 Å². The predicted octanol–water partition coefficient (Wildman–Crippen LogP) is 4.29. The average molecular weight is 438 g/mol. The second kappa shape index (κ2) is 10.6. The molecule has 5 nitrogen and oxygen atoms in total. The van der Waals surface area contributed by atoms with Crippen LogP contribution in [0.5, 0.6) is 0 Å². The molecule has 0 aliphatic rings. The standard InChI is InChI=1S/C23H29F3N2O3/c1-22(2,3)31-21(30)28-19(13-16-8-5-4-6-9-16)20(29)15-27-14-17-10-7-11-18(12-17)23(24,25)26/h4-12,19-20,27,29H,13-15H2,1-3H3,(H,28,30)/t19-,20+/m0/s1. The van der Waals surface area contributed by atoms with Crippen molar-refractivity contribution in [3.8, 4) is 0 Å². The van der Waals surface area contributed by atoms with Gasteiger partial charge in [-0.15, -0.1) is 0 Å². The number of rotatable bonds is 8. The topological polar surface area (TPSA) is 70.6 Å². The molecular weight excluding hydrogens is 409 g/mol. The van der Waals surface area contributed by atoms with E-state index in [1.165, 1.54) is 6.07 Å². The maximum atomic E-state index is 12.9. The lowest BCUT2D eigenvalue weighted by Gasteiger charge is -2.27. The zero-order valence-electron chi connectivity index (χ0n) is 17.9. The summed E-state index contributed by atoms with van der Waals surface area (Å²) >= 11 is 0. The molecule has 0 spiro atoms. The number of hydrogen-bond donors (Lipinski definition) is 3. The van der Waals surface area contributed by atoms with Gasteiger partial charge in [0.15, 0.2) is 0 Å². The Kier molecular flexibility index (Phi) is 8.47. The fourth-order valence-electron chi connectivity index (χ4n) is 2.97. The molecule has 1 amide bonds. The Morgan fingerprint density at radius 1 is 1.03 bits per heavy atom. The quantitative estimate of drug-likeness (QED) is 0.575. The first-order chi connectivity index (χ1) is 14.4. The minimum Gasteiger partial charge on any atom is -0.444 e. The van der Waals surface area contributed by atoms with Crippen molar-refractivity contribution in [2.24, 2.45) is 0 Å². The molecule has 0 heterocycles. The van der Waals surface area contributed by atoms with E-state index < -0.39 is 35.6 Å². The van der Waals surface area contributed by atoms with E-state index >= 15 is 0 Å². The van der Waals surface area contributed by atoms with E-state index in [0.717, 1.165) is 17.7 Å². The molecule has 2 rings (SSSR count). The maximum Gasteiger partial charge on any atom is 0.416 e. The number of benzene rings is 2. The first kappa shape index (κ1) is 24.7. The van der Waals surface area contributed by atoms with Crippen LogP contribution in [0.4, 0.5) is 18.0 Å². The molecule has 170 valence electrons. The Balaban J connectivity index is 1.99. The second-order valence-electron chi connectivity index (χ2n) is 8.34. The third-order valence-electron chi connectivity index (χ3n) is 4.40. The van der Waals surface area contributed by atoms with Crippen LogP contribution in [0.15, 0.2) is 54.6 Å². The zero-order valence-corrected chi connectivity index (χ0v) is 17.9. The third kappa shape index (κ3) is 8.98. The summed E-state index contributed by atoms with van der Waals surface area (Å²) in [5, 5.41) is 16.3. The molecule has 0 aliphatic heterocycles. The Morgan fingerprint density at radius 3 is 2.29 bits per heavy atom. The zero-order chi connectivity index (χ0) is 23.1. The molecule has 0 saturated heterocycles. The second-order valence-corrected chi connectivity index (χ2v) is 8.34. The number of halogens is 3. The van der Waals surface area contributed by atoms with Crippen molar-refractivity contribution in [2.45, 2.75) is 57.7 Å². The highest BCUT2D eigenvalue weighted by Crippen LogP contribution is 2.29. The first-order valence-electron chi connectivity index (χ1n) is 10.0. The number of hydrogen-bond acceptors (Lipinski definition) is 4. The number of carbonyl (C=O) groups is 1. The molecule has 0 fully saturated rings. The lowest BCUT2D eigenvalue weighted by atomic mass is 10.0. The summed E-state index contributed by atoms with van der Waals surface area (Å²) in [6.45, 7) is 5.44. The van der Waals surface area contributed by atoms with Gasteiger partial charge in [-0.1, -0.05) is 48.5 Å². The summed E-state index contributed by atoms with van der Waals surface area (Å²) in [6.07, 6.45) is -5.68. The normalized spacial score (nSPS) is 14.0. The SMILES string of the molecule is CC(C)(C)OC(=O)N[C@@H](Cc1ccccc1)[C@H](O)CNCc1cccc(C(F)(F)F)c1. The van der Waals surface area contributed by atoms with Gasteiger partial charge in [-0.25, -0.2) is 4.79 Å². The highest BCUT2D eigenvalue weighted by molar-refractivity contribution is 5.68. The smallest absolute Gasteiger partial charge is 0.416 e. The van der Waals surface area contributed by atoms with Gasteiger partial charge < -0.3 is 20.5 Å². The molecule has 2 aromatic rings. The summed E-state index contributed by atoms with van der Waals surface area (Å²) in [7, 11) is 0. The first-order valence-corrected chi connectivity index (χ1v) is 10.0. The van der Waals surface area contributed by atoms with Gasteiger partial charge in [0, 0.05) is 13.1 Å². The van der Waals surface area contributed by atoms with Gasteiger partial charge in [-0.05, 0) is 44.4 Å². The van der Waals surface area contributed by atoms with Crippen LogP contribution in [0.25, 0.3) is 0 Å². The highest BCUT2D eigenvalue weighted by Gasteiger charge is 2.30. The van der Waals surface area contributed by atoms with E-state index in [0.29, 0.717) is 12.0 Å². The number of amides is 1. The van der Waals surface area contributed by atoms with Crippen LogP contribution in [0.2, 0.25) is 0 Å². The Labute approximate surface area is 180 Å². The van der Waals surface area contributed by atoms with E-state index in [4.69, 9.17) is 4.74 Å². The van der Waals surface area contributed by atoms with Crippen molar-refractivity contribution in [2.75, 3.05) is 6.54 Å². The predicted molar refractivity (Wildman–Crippen MR) is 112 cm³/mol. The van der Waals surface area contributed by atoms with Gasteiger partial charge in [-0.2, -0.15) is 13.2 Å². The minimum atomic E-state index is -4.41. The summed E-state index contributed by atoms with van der Waals surface area (Å²) in [5.41, 5.74) is -0.0447. The van der Waals surface area contributed by atoms with E-state index in [1.807, 2.05) is 30.3 Å². The van der Waals surface area contributed by atoms with Crippen LogP contribution in [-0.4, -0.2) is 35.5 Å². The Hall–Kier alpha value is -2.58. The van der Waals surface area contributed by atoms with Gasteiger partial charge in [0.1, 0.15) is 5.60 Å². The lowest BCUT2D eigenvalue weighted by molar-refractivity contribution is -0.137. The van der Waals surface area contributed by atoms with Gasteiger partial charge in [0.25, 0.3) is 0 Å². The maximum absolute atomic E-state index is 12.9. The summed E-state index contributed by atoms with van der Waals surface area (Å²) < 4.78 is 43.9. The van der Waals surface area contributed by atoms with Gasteiger partial charge in [0.2, 0.25) is 0 Å². The van der Waals surface area contributed by atoms with Crippen molar-refractivity contribution >= 4 is 6.09 Å². The molecular formula is C23H29F3N2O3. The van der Waals surface area contributed by atoms with Crippen molar-refractivity contribution in [1.82, 2.24) is 10.6 Å². The molecule has 3 N–H and O–H groups in total. The number of nitrogens with one attached hydrogen (secondary N) is 2. The van der Waals surface area contributed by atoms with Crippen LogP contribution in [0.1, 0.15) is 37.5 Å². The monoisotopic (exact) mass is 438 g/mol. The average Bonchev–Trinajstić information content (AvgIpc) is 2.66. The van der Waals surface area contributed by atoms with Crippen LogP contribution in [0, 0.1) is 0 Å². The molecule has 2 atom stereocenters. The summed E-state index contributed by atoms with van der Waals surface area (Å²) in [5.74, 6) is 0. The number of aliphatic hydroxyl groups is 1. The largest absolute Gasteiger partial charge is 0.444 e. The number of ether oxygens (including phenoxy) is 1. The summed E-state index contributed by atoms with van der Waals surface area (Å²) in [6, 6.07) is 13.7. The van der Waals surface area contributed by atoms with E-state index in [1.54, 1.807) is 26.8 Å². The van der Waals surface area contributed by atoms with E-state index in [9.17, 15) is 23.1 Å². The molecule has 31 heavy (non-hydrogen) atoms. The van der Waals surface area contributed by atoms with Crippen LogP contribution < -0.4 is 10.6 Å². The number of carbonyl (C=O) groups excluding carboxylic acids is 1. The van der Waals surface area contributed by atoms with Crippen molar-refractivity contribution in [3.05, 3.63) is 71.3 Å². The molecule has 8 heteroatoms. The highest BCUT2D eigenvalue weighted by atomic mass is 19.4. The van der Waals surface area contributed by atoms with Crippen molar-refractivity contribution in [1.29, 1.82) is 0 Å². The molecule has 0 aromatic heterocycles.